The minimum absolute atomic E-state index is 0.234. The number of benzene rings is 2. The van der Waals surface area contributed by atoms with E-state index in [0.717, 1.165) is 15.6 Å². The van der Waals surface area contributed by atoms with Crippen molar-refractivity contribution in [2.24, 2.45) is 0 Å². The van der Waals surface area contributed by atoms with Crippen molar-refractivity contribution in [1.82, 2.24) is 5.32 Å². The summed E-state index contributed by atoms with van der Waals surface area (Å²) in [5.74, 6) is 6.44. The zero-order valence-corrected chi connectivity index (χ0v) is 14.3. The van der Waals surface area contributed by atoms with Crippen LogP contribution in [0.25, 0.3) is 11.0 Å². The van der Waals surface area contributed by atoms with Gasteiger partial charge in [0.1, 0.15) is 17.9 Å². The fourth-order valence-corrected chi connectivity index (χ4v) is 2.47. The van der Waals surface area contributed by atoms with Crippen molar-refractivity contribution in [2.75, 3.05) is 13.2 Å². The highest BCUT2D eigenvalue weighted by atomic mass is 79.9. The molecule has 3 aromatic rings. The largest absolute Gasteiger partial charge is 0.481 e. The second-order valence-electron chi connectivity index (χ2n) is 4.93. The molecule has 0 fully saturated rings. The third-order valence-corrected chi connectivity index (χ3v) is 3.71. The number of hydrogen-bond acceptors (Lipinski definition) is 3. The van der Waals surface area contributed by atoms with Crippen molar-refractivity contribution in [3.8, 4) is 17.6 Å². The maximum absolute atomic E-state index is 12.0. The molecule has 0 atom stereocenters. The summed E-state index contributed by atoms with van der Waals surface area (Å²) in [6.45, 7) is 0.495. The smallest absolute Gasteiger partial charge is 0.287 e. The third-order valence-electron chi connectivity index (χ3n) is 3.22. The van der Waals surface area contributed by atoms with Crippen molar-refractivity contribution >= 4 is 32.8 Å². The maximum atomic E-state index is 12.0. The summed E-state index contributed by atoms with van der Waals surface area (Å²) in [7, 11) is 0. The van der Waals surface area contributed by atoms with Crippen molar-refractivity contribution < 1.29 is 13.9 Å². The first-order valence-corrected chi connectivity index (χ1v) is 8.12. The van der Waals surface area contributed by atoms with Crippen molar-refractivity contribution in [3.63, 3.8) is 0 Å². The molecule has 0 bridgehead atoms. The molecule has 1 aromatic heterocycles. The summed E-state index contributed by atoms with van der Waals surface area (Å²) in [4.78, 5) is 12.0. The van der Waals surface area contributed by atoms with Crippen LogP contribution in [-0.4, -0.2) is 19.1 Å². The summed E-state index contributed by atoms with van der Waals surface area (Å²) >= 11 is 3.37. The Morgan fingerprint density at radius 2 is 2.00 bits per heavy atom. The van der Waals surface area contributed by atoms with Gasteiger partial charge in [0.2, 0.25) is 0 Å². The molecule has 0 aliphatic rings. The molecule has 0 radical (unpaired) electrons. The molecule has 0 aliphatic heterocycles. The molecule has 1 amide bonds. The van der Waals surface area contributed by atoms with Crippen molar-refractivity contribution in [2.45, 2.75) is 0 Å². The quantitative estimate of drug-likeness (QED) is 0.692. The van der Waals surface area contributed by atoms with E-state index >= 15 is 0 Å². The van der Waals surface area contributed by atoms with Crippen LogP contribution in [0.3, 0.4) is 0 Å². The van der Waals surface area contributed by atoms with Gasteiger partial charge in [-0.15, -0.1) is 0 Å². The lowest BCUT2D eigenvalue weighted by molar-refractivity contribution is 0.0933. The van der Waals surface area contributed by atoms with Gasteiger partial charge in [-0.25, -0.2) is 0 Å². The second-order valence-corrected chi connectivity index (χ2v) is 5.85. The summed E-state index contributed by atoms with van der Waals surface area (Å²) in [5, 5.41) is 3.60. The number of hydrogen-bond donors (Lipinski definition) is 1. The number of amides is 1. The highest BCUT2D eigenvalue weighted by molar-refractivity contribution is 9.10. The summed E-state index contributed by atoms with van der Waals surface area (Å²) in [6, 6.07) is 16.7. The molecular weight excluding hydrogens is 370 g/mol. The zero-order valence-electron chi connectivity index (χ0n) is 12.7. The molecule has 2 aromatic carbocycles. The van der Waals surface area contributed by atoms with Gasteiger partial charge in [-0.2, -0.15) is 0 Å². The zero-order chi connectivity index (χ0) is 16.8. The lowest BCUT2D eigenvalue weighted by Crippen LogP contribution is -2.23. The highest BCUT2D eigenvalue weighted by Crippen LogP contribution is 2.18. The summed E-state index contributed by atoms with van der Waals surface area (Å²) < 4.78 is 11.9. The Bertz CT molecular complexity index is 888. The number of para-hydroxylation sites is 1. The van der Waals surface area contributed by atoms with Gasteiger partial charge in [-0.1, -0.05) is 52.0 Å². The first kappa shape index (κ1) is 16.2. The molecule has 1 heterocycles. The van der Waals surface area contributed by atoms with E-state index in [1.54, 1.807) is 6.07 Å². The highest BCUT2D eigenvalue weighted by Gasteiger charge is 2.10. The maximum Gasteiger partial charge on any atom is 0.287 e. The molecule has 0 saturated carbocycles. The fraction of sp³-hybridized carbons (Fsp3) is 0.105. The van der Waals surface area contributed by atoms with E-state index in [1.165, 1.54) is 0 Å². The predicted octanol–water partition coefficient (Wildman–Crippen LogP) is 4.01. The minimum atomic E-state index is -0.284. The van der Waals surface area contributed by atoms with E-state index in [2.05, 4.69) is 33.1 Å². The van der Waals surface area contributed by atoms with Crippen LogP contribution in [0.5, 0.6) is 5.75 Å². The number of halogens is 1. The monoisotopic (exact) mass is 383 g/mol. The van der Waals surface area contributed by atoms with E-state index < -0.39 is 0 Å². The van der Waals surface area contributed by atoms with Crippen LogP contribution in [0.1, 0.15) is 10.6 Å². The Morgan fingerprint density at radius 1 is 1.12 bits per heavy atom. The Hall–Kier alpha value is -2.71. The molecule has 3 rings (SSSR count). The first-order valence-electron chi connectivity index (χ1n) is 7.33. The molecule has 24 heavy (non-hydrogen) atoms. The predicted molar refractivity (Wildman–Crippen MR) is 96.0 cm³/mol. The molecule has 1 N–H and O–H groups in total. The van der Waals surface area contributed by atoms with Gasteiger partial charge in [-0.3, -0.25) is 4.79 Å². The first-order chi connectivity index (χ1) is 11.7. The van der Waals surface area contributed by atoms with Crippen molar-refractivity contribution in [1.29, 1.82) is 0 Å². The van der Waals surface area contributed by atoms with Crippen LogP contribution in [0.2, 0.25) is 0 Å². The van der Waals surface area contributed by atoms with Gasteiger partial charge in [0, 0.05) is 9.86 Å². The molecule has 0 spiro atoms. The molecule has 0 aliphatic carbocycles. The molecule has 4 nitrogen and oxygen atoms in total. The number of ether oxygens (including phenoxy) is 1. The van der Waals surface area contributed by atoms with Crippen LogP contribution >= 0.6 is 15.9 Å². The Morgan fingerprint density at radius 3 is 2.83 bits per heavy atom. The number of carbonyl (C=O) groups excluding carboxylic acids is 1. The van der Waals surface area contributed by atoms with Crippen LogP contribution in [-0.2, 0) is 0 Å². The number of nitrogens with one attached hydrogen (secondary N) is 1. The summed E-state index contributed by atoms with van der Waals surface area (Å²) in [5.41, 5.74) is 0.691. The minimum Gasteiger partial charge on any atom is -0.481 e. The molecule has 5 heteroatoms. The van der Waals surface area contributed by atoms with Gasteiger partial charge in [0.15, 0.2) is 5.76 Å². The molecular formula is C19H14BrNO3. The number of fused-ring (bicyclic) bond motifs is 1. The summed E-state index contributed by atoms with van der Waals surface area (Å²) in [6.07, 6.45) is 0. The van der Waals surface area contributed by atoms with Gasteiger partial charge < -0.3 is 14.5 Å². The Balaban J connectivity index is 1.47. The van der Waals surface area contributed by atoms with Gasteiger partial charge in [0.25, 0.3) is 5.91 Å². The van der Waals surface area contributed by atoms with Crippen LogP contribution in [0, 0.1) is 11.8 Å². The lowest BCUT2D eigenvalue weighted by atomic mass is 10.2. The molecule has 0 unspecified atom stereocenters. The number of rotatable bonds is 4. The fourth-order valence-electron chi connectivity index (χ4n) is 2.10. The Kier molecular flexibility index (Phi) is 5.19. The Labute approximate surface area is 147 Å². The van der Waals surface area contributed by atoms with Crippen LogP contribution in [0.15, 0.2) is 63.5 Å². The van der Waals surface area contributed by atoms with Crippen molar-refractivity contribution in [3.05, 3.63) is 64.8 Å². The second kappa shape index (κ2) is 7.71. The third kappa shape index (κ3) is 4.18. The van der Waals surface area contributed by atoms with Gasteiger partial charge >= 0.3 is 0 Å². The van der Waals surface area contributed by atoms with E-state index in [-0.39, 0.29) is 24.8 Å². The average molecular weight is 384 g/mol. The average Bonchev–Trinajstić information content (AvgIpc) is 3.02. The van der Waals surface area contributed by atoms with Gasteiger partial charge in [0.05, 0.1) is 6.54 Å². The van der Waals surface area contributed by atoms with Crippen LogP contribution in [0.4, 0.5) is 0 Å². The standard InChI is InChI=1S/C19H14BrNO3/c20-15-7-5-8-16(13-15)23-11-4-3-10-21-19(22)18-12-14-6-1-2-9-17(14)24-18/h1-2,5-9,12-13H,10-11H2,(H,21,22). The number of furan rings is 1. The number of carbonyl (C=O) groups is 1. The topological polar surface area (TPSA) is 51.5 Å². The van der Waals surface area contributed by atoms with Gasteiger partial charge in [-0.05, 0) is 30.3 Å². The van der Waals surface area contributed by atoms with E-state index in [1.807, 2.05) is 48.5 Å². The molecule has 0 saturated heterocycles. The lowest BCUT2D eigenvalue weighted by Gasteiger charge is -2.01. The van der Waals surface area contributed by atoms with E-state index in [0.29, 0.717) is 5.58 Å². The molecule has 120 valence electrons. The SMILES string of the molecule is O=C(NCC#CCOc1cccc(Br)c1)c1cc2ccccc2o1. The van der Waals surface area contributed by atoms with E-state index in [4.69, 9.17) is 9.15 Å². The van der Waals surface area contributed by atoms with Crippen LogP contribution < -0.4 is 10.1 Å². The van der Waals surface area contributed by atoms with E-state index in [9.17, 15) is 4.79 Å². The normalized spacial score (nSPS) is 10.0.